The van der Waals surface area contributed by atoms with Crippen LogP contribution in [0.2, 0.25) is 0 Å². The van der Waals surface area contributed by atoms with Crippen LogP contribution in [0.3, 0.4) is 0 Å². The van der Waals surface area contributed by atoms with Gasteiger partial charge < -0.3 is 9.15 Å². The van der Waals surface area contributed by atoms with Crippen LogP contribution >= 0.6 is 0 Å². The molecule has 0 N–H and O–H groups in total. The van der Waals surface area contributed by atoms with Gasteiger partial charge in [0.05, 0.1) is 0 Å². The largest absolute Gasteiger partial charge is 0.445 e. The standard InChI is InChI=1S/C22H18O5/c1-14-13-18(23)26-15(2)19(14)22(25)27-21(17-11-7-4-8-12-17)20(24)16-9-5-3-6-10-16/h3-13,21H,1-2H3/t21-/m0/s1. The number of Topliss-reactive ketones (excluding diaryl/α,β-unsaturated/α-hetero) is 1. The smallest absolute Gasteiger partial charge is 0.342 e. The van der Waals surface area contributed by atoms with Gasteiger partial charge in [-0.2, -0.15) is 0 Å². The monoisotopic (exact) mass is 362 g/mol. The van der Waals surface area contributed by atoms with E-state index in [4.69, 9.17) is 9.15 Å². The summed E-state index contributed by atoms with van der Waals surface area (Å²) in [5, 5.41) is 0. The van der Waals surface area contributed by atoms with Crippen molar-refractivity contribution in [3.8, 4) is 0 Å². The molecule has 0 aliphatic carbocycles. The second-order valence-corrected chi connectivity index (χ2v) is 6.11. The molecule has 0 fully saturated rings. The summed E-state index contributed by atoms with van der Waals surface area (Å²) in [5.41, 5.74) is 1.05. The molecule has 0 saturated carbocycles. The number of hydrogen-bond donors (Lipinski definition) is 0. The van der Waals surface area contributed by atoms with E-state index in [1.165, 1.54) is 13.0 Å². The maximum atomic E-state index is 13.0. The highest BCUT2D eigenvalue weighted by Crippen LogP contribution is 2.25. The maximum absolute atomic E-state index is 13.0. The van der Waals surface area contributed by atoms with Crippen molar-refractivity contribution in [1.82, 2.24) is 0 Å². The SMILES string of the molecule is Cc1cc(=O)oc(C)c1C(=O)O[C@H](C(=O)c1ccccc1)c1ccccc1. The number of benzene rings is 2. The van der Waals surface area contributed by atoms with E-state index < -0.39 is 17.7 Å². The molecule has 5 heteroatoms. The number of rotatable bonds is 5. The van der Waals surface area contributed by atoms with Crippen LogP contribution in [-0.4, -0.2) is 11.8 Å². The predicted octanol–water partition coefficient (Wildman–Crippen LogP) is 4.04. The average Bonchev–Trinajstić information content (AvgIpc) is 2.66. The Morgan fingerprint density at radius 2 is 1.52 bits per heavy atom. The molecule has 1 atom stereocenters. The number of carbonyl (C=O) groups is 2. The topological polar surface area (TPSA) is 73.6 Å². The molecule has 0 saturated heterocycles. The van der Waals surface area contributed by atoms with Gasteiger partial charge in [0.15, 0.2) is 6.10 Å². The van der Waals surface area contributed by atoms with E-state index in [9.17, 15) is 14.4 Å². The highest BCUT2D eigenvalue weighted by molar-refractivity contribution is 6.02. The molecule has 0 bridgehead atoms. The predicted molar refractivity (Wildman–Crippen MR) is 99.8 cm³/mol. The fourth-order valence-corrected chi connectivity index (χ4v) is 2.88. The molecular formula is C22H18O5. The Morgan fingerprint density at radius 1 is 0.926 bits per heavy atom. The lowest BCUT2D eigenvalue weighted by molar-refractivity contribution is 0.0275. The first-order valence-electron chi connectivity index (χ1n) is 8.44. The van der Waals surface area contributed by atoms with Crippen molar-refractivity contribution < 1.29 is 18.7 Å². The highest BCUT2D eigenvalue weighted by atomic mass is 16.5. The zero-order valence-electron chi connectivity index (χ0n) is 15.0. The molecule has 1 aromatic heterocycles. The third kappa shape index (κ3) is 4.03. The summed E-state index contributed by atoms with van der Waals surface area (Å²) in [6.45, 7) is 3.14. The number of ether oxygens (including phenoxy) is 1. The third-order valence-electron chi connectivity index (χ3n) is 4.16. The number of ketones is 1. The van der Waals surface area contributed by atoms with E-state index in [0.29, 0.717) is 16.7 Å². The van der Waals surface area contributed by atoms with E-state index >= 15 is 0 Å². The lowest BCUT2D eigenvalue weighted by atomic mass is 9.99. The van der Waals surface area contributed by atoms with Crippen molar-refractivity contribution >= 4 is 11.8 Å². The molecular weight excluding hydrogens is 344 g/mol. The zero-order chi connectivity index (χ0) is 19.4. The van der Waals surface area contributed by atoms with E-state index in [-0.39, 0.29) is 17.1 Å². The molecule has 0 aliphatic heterocycles. The van der Waals surface area contributed by atoms with Crippen LogP contribution in [-0.2, 0) is 4.74 Å². The van der Waals surface area contributed by atoms with Crippen molar-refractivity contribution in [3.05, 3.63) is 105 Å². The Labute approximate surface area is 156 Å². The summed E-state index contributed by atoms with van der Waals surface area (Å²) in [6.07, 6.45) is -1.10. The summed E-state index contributed by atoms with van der Waals surface area (Å²) in [6, 6.07) is 18.7. The van der Waals surface area contributed by atoms with Crippen LogP contribution in [0.15, 0.2) is 75.9 Å². The molecule has 5 nitrogen and oxygen atoms in total. The Kier molecular flexibility index (Phi) is 5.31. The second kappa shape index (κ2) is 7.83. The van der Waals surface area contributed by atoms with Crippen LogP contribution in [0.25, 0.3) is 0 Å². The van der Waals surface area contributed by atoms with E-state index in [2.05, 4.69) is 0 Å². The summed E-state index contributed by atoms with van der Waals surface area (Å²) < 4.78 is 10.6. The Bertz CT molecular complexity index is 993. The minimum Gasteiger partial charge on any atom is -0.445 e. The van der Waals surface area contributed by atoms with Crippen LogP contribution in [0.4, 0.5) is 0 Å². The van der Waals surface area contributed by atoms with Gasteiger partial charge in [-0.3, -0.25) is 4.79 Å². The second-order valence-electron chi connectivity index (χ2n) is 6.11. The summed E-state index contributed by atoms with van der Waals surface area (Å²) >= 11 is 0. The van der Waals surface area contributed by atoms with Crippen molar-refractivity contribution in [2.75, 3.05) is 0 Å². The quantitative estimate of drug-likeness (QED) is 0.506. The highest BCUT2D eigenvalue weighted by Gasteiger charge is 2.28. The summed E-state index contributed by atoms with van der Waals surface area (Å²) in [4.78, 5) is 37.2. The van der Waals surface area contributed by atoms with Crippen molar-refractivity contribution in [3.63, 3.8) is 0 Å². The fourth-order valence-electron chi connectivity index (χ4n) is 2.88. The summed E-state index contributed by atoms with van der Waals surface area (Å²) in [5.74, 6) is -0.890. The first kappa shape index (κ1) is 18.3. The number of esters is 1. The van der Waals surface area contributed by atoms with Gasteiger partial charge >= 0.3 is 11.6 Å². The van der Waals surface area contributed by atoms with Gasteiger partial charge in [-0.15, -0.1) is 0 Å². The Hall–Kier alpha value is -3.47. The normalized spacial score (nSPS) is 11.6. The number of aryl methyl sites for hydroxylation is 2. The molecule has 2 aromatic carbocycles. The van der Waals surface area contributed by atoms with Gasteiger partial charge in [-0.05, 0) is 19.4 Å². The van der Waals surface area contributed by atoms with E-state index in [1.807, 2.05) is 6.07 Å². The van der Waals surface area contributed by atoms with Crippen LogP contribution in [0.5, 0.6) is 0 Å². The summed E-state index contributed by atoms with van der Waals surface area (Å²) in [7, 11) is 0. The van der Waals surface area contributed by atoms with Gasteiger partial charge in [-0.25, -0.2) is 9.59 Å². The zero-order valence-corrected chi connectivity index (χ0v) is 15.0. The van der Waals surface area contributed by atoms with E-state index in [0.717, 1.165) is 0 Å². The molecule has 136 valence electrons. The Morgan fingerprint density at radius 3 is 2.11 bits per heavy atom. The van der Waals surface area contributed by atoms with Crippen molar-refractivity contribution in [2.45, 2.75) is 20.0 Å². The number of hydrogen-bond acceptors (Lipinski definition) is 5. The third-order valence-corrected chi connectivity index (χ3v) is 4.16. The van der Waals surface area contributed by atoms with Crippen molar-refractivity contribution in [2.24, 2.45) is 0 Å². The molecule has 0 radical (unpaired) electrons. The number of carbonyl (C=O) groups excluding carboxylic acids is 2. The van der Waals surface area contributed by atoms with Gasteiger partial charge in [0.25, 0.3) is 0 Å². The molecule has 0 amide bonds. The van der Waals surface area contributed by atoms with Gasteiger partial charge in [0.1, 0.15) is 11.3 Å². The first-order valence-corrected chi connectivity index (χ1v) is 8.44. The average molecular weight is 362 g/mol. The molecule has 3 aromatic rings. The molecule has 0 aliphatic rings. The molecule has 0 spiro atoms. The van der Waals surface area contributed by atoms with Gasteiger partial charge in [-0.1, -0.05) is 60.7 Å². The minimum atomic E-state index is -1.10. The van der Waals surface area contributed by atoms with Crippen LogP contribution in [0, 0.1) is 13.8 Å². The molecule has 0 unspecified atom stereocenters. The van der Waals surface area contributed by atoms with Crippen molar-refractivity contribution in [1.29, 1.82) is 0 Å². The Balaban J connectivity index is 1.99. The van der Waals surface area contributed by atoms with Crippen LogP contribution in [0.1, 0.15) is 43.7 Å². The molecule has 1 heterocycles. The van der Waals surface area contributed by atoms with Gasteiger partial charge in [0.2, 0.25) is 5.78 Å². The molecule has 27 heavy (non-hydrogen) atoms. The van der Waals surface area contributed by atoms with Crippen LogP contribution < -0.4 is 5.63 Å². The lowest BCUT2D eigenvalue weighted by Crippen LogP contribution is -2.22. The van der Waals surface area contributed by atoms with E-state index in [1.54, 1.807) is 61.5 Å². The van der Waals surface area contributed by atoms with Gasteiger partial charge in [0, 0.05) is 17.2 Å². The maximum Gasteiger partial charge on any atom is 0.342 e. The fraction of sp³-hybridized carbons (Fsp3) is 0.136. The first-order chi connectivity index (χ1) is 13.0. The minimum absolute atomic E-state index is 0.149. The lowest BCUT2D eigenvalue weighted by Gasteiger charge is -2.18. The molecule has 3 rings (SSSR count).